The molecule has 1 saturated heterocycles. The van der Waals surface area contributed by atoms with E-state index < -0.39 is 0 Å². The number of likely N-dealkylation sites (tertiary alicyclic amines) is 1. The van der Waals surface area contributed by atoms with E-state index in [2.05, 4.69) is 15.2 Å². The van der Waals surface area contributed by atoms with E-state index in [4.69, 9.17) is 16.0 Å². The Hall–Kier alpha value is -2.64. The summed E-state index contributed by atoms with van der Waals surface area (Å²) >= 11 is 5.81. The first-order valence-corrected chi connectivity index (χ1v) is 9.21. The van der Waals surface area contributed by atoms with Crippen LogP contribution in [0.5, 0.6) is 0 Å². The lowest BCUT2D eigenvalue weighted by molar-refractivity contribution is -0.121. The summed E-state index contributed by atoms with van der Waals surface area (Å²) in [7, 11) is 0. The highest BCUT2D eigenvalue weighted by molar-refractivity contribution is 6.30. The van der Waals surface area contributed by atoms with Gasteiger partial charge in [-0.2, -0.15) is 0 Å². The normalized spacial score (nSPS) is 15.9. The molecule has 1 aliphatic heterocycles. The van der Waals surface area contributed by atoms with Crippen LogP contribution in [0.2, 0.25) is 5.02 Å². The van der Waals surface area contributed by atoms with E-state index in [1.807, 2.05) is 18.2 Å². The number of para-hydroxylation sites is 2. The minimum Gasteiger partial charge on any atom is -0.408 e. The van der Waals surface area contributed by atoms with Crippen molar-refractivity contribution in [3.8, 4) is 0 Å². The lowest BCUT2D eigenvalue weighted by atomic mass is 9.96. The topological polar surface area (TPSA) is 80.4 Å². The summed E-state index contributed by atoms with van der Waals surface area (Å²) in [6, 6.07) is 10.8. The van der Waals surface area contributed by atoms with Gasteiger partial charge in [-0.25, -0.2) is 9.78 Å². The van der Waals surface area contributed by atoms with Gasteiger partial charge in [0.15, 0.2) is 5.58 Å². The Bertz CT molecular complexity index is 1000. The third-order valence-corrected chi connectivity index (χ3v) is 5.08. The number of oxazole rings is 1. The molecule has 2 aromatic heterocycles. The Morgan fingerprint density at radius 2 is 2.00 bits per heavy atom. The highest BCUT2D eigenvalue weighted by Gasteiger charge is 2.26. The third kappa shape index (κ3) is 3.89. The first-order chi connectivity index (χ1) is 13.1. The summed E-state index contributed by atoms with van der Waals surface area (Å²) in [5.41, 5.74) is 1.38. The molecule has 3 heterocycles. The Labute approximate surface area is 160 Å². The maximum atomic E-state index is 12.4. The quantitative estimate of drug-likeness (QED) is 0.745. The van der Waals surface area contributed by atoms with E-state index in [9.17, 15) is 9.59 Å². The highest BCUT2D eigenvalue weighted by Crippen LogP contribution is 2.21. The van der Waals surface area contributed by atoms with E-state index in [1.165, 1.54) is 6.20 Å². The number of anilines is 1. The second-order valence-electron chi connectivity index (χ2n) is 6.65. The largest absolute Gasteiger partial charge is 0.421 e. The average molecular weight is 387 g/mol. The molecule has 0 spiro atoms. The Balaban J connectivity index is 1.36. The molecular formula is C19H19ClN4O3. The smallest absolute Gasteiger partial charge is 0.408 e. The van der Waals surface area contributed by atoms with Crippen molar-refractivity contribution in [1.29, 1.82) is 0 Å². The molecule has 1 aromatic carbocycles. The standard InChI is InChI=1S/C19H19ClN4O3/c20-14-5-6-17(21-11-14)22-18(25)13-7-9-23(10-8-13)12-24-15-3-1-2-4-16(15)27-19(24)26/h1-6,11,13H,7-10,12H2,(H,21,22,25). The lowest BCUT2D eigenvalue weighted by Crippen LogP contribution is -2.40. The number of hydrogen-bond donors (Lipinski definition) is 1. The van der Waals surface area contributed by atoms with Gasteiger partial charge in [-0.1, -0.05) is 23.7 Å². The molecular weight excluding hydrogens is 368 g/mol. The van der Waals surface area contributed by atoms with Gasteiger partial charge in [-0.15, -0.1) is 0 Å². The second kappa shape index (κ2) is 7.54. The molecule has 0 aliphatic carbocycles. The molecule has 0 bridgehead atoms. The maximum absolute atomic E-state index is 12.4. The Morgan fingerprint density at radius 1 is 1.22 bits per heavy atom. The Morgan fingerprint density at radius 3 is 2.74 bits per heavy atom. The number of benzene rings is 1. The first kappa shape index (κ1) is 17.8. The van der Waals surface area contributed by atoms with Gasteiger partial charge < -0.3 is 9.73 Å². The van der Waals surface area contributed by atoms with Crippen molar-refractivity contribution in [2.45, 2.75) is 19.5 Å². The molecule has 1 N–H and O–H groups in total. The number of halogens is 1. The number of aromatic nitrogens is 2. The van der Waals surface area contributed by atoms with Crippen molar-refractivity contribution >= 4 is 34.4 Å². The zero-order chi connectivity index (χ0) is 18.8. The molecule has 8 heteroatoms. The molecule has 7 nitrogen and oxygen atoms in total. The van der Waals surface area contributed by atoms with Gasteiger partial charge >= 0.3 is 5.76 Å². The van der Waals surface area contributed by atoms with E-state index >= 15 is 0 Å². The summed E-state index contributed by atoms with van der Waals surface area (Å²) < 4.78 is 6.91. The number of nitrogens with zero attached hydrogens (tertiary/aromatic N) is 3. The van der Waals surface area contributed by atoms with Gasteiger partial charge in [0.25, 0.3) is 0 Å². The van der Waals surface area contributed by atoms with Crippen LogP contribution in [0.4, 0.5) is 5.82 Å². The highest BCUT2D eigenvalue weighted by atomic mass is 35.5. The number of carbonyl (C=O) groups is 1. The molecule has 0 saturated carbocycles. The summed E-state index contributed by atoms with van der Waals surface area (Å²) in [6.45, 7) is 1.93. The molecule has 140 valence electrons. The number of piperidine rings is 1. The summed E-state index contributed by atoms with van der Waals surface area (Å²) in [5.74, 6) is 0.0417. The first-order valence-electron chi connectivity index (χ1n) is 8.83. The van der Waals surface area contributed by atoms with Gasteiger partial charge in [0, 0.05) is 25.2 Å². The van der Waals surface area contributed by atoms with Crippen LogP contribution in [-0.4, -0.2) is 33.4 Å². The molecule has 1 amide bonds. The van der Waals surface area contributed by atoms with Crippen molar-refractivity contribution in [3.63, 3.8) is 0 Å². The number of rotatable bonds is 4. The van der Waals surface area contributed by atoms with Gasteiger partial charge in [0.2, 0.25) is 5.91 Å². The van der Waals surface area contributed by atoms with Crippen LogP contribution in [0.15, 0.2) is 51.8 Å². The number of carbonyl (C=O) groups excluding carboxylic acids is 1. The molecule has 0 atom stereocenters. The summed E-state index contributed by atoms with van der Waals surface area (Å²) in [5, 5.41) is 3.37. The van der Waals surface area contributed by atoms with Crippen LogP contribution in [0.3, 0.4) is 0 Å². The molecule has 27 heavy (non-hydrogen) atoms. The molecule has 0 unspecified atom stereocenters. The van der Waals surface area contributed by atoms with Gasteiger partial charge in [-0.05, 0) is 37.1 Å². The van der Waals surface area contributed by atoms with Crippen LogP contribution >= 0.6 is 11.6 Å². The van der Waals surface area contributed by atoms with Crippen LogP contribution < -0.4 is 11.1 Å². The van der Waals surface area contributed by atoms with E-state index in [1.54, 1.807) is 22.8 Å². The fourth-order valence-electron chi connectivity index (χ4n) is 3.36. The van der Waals surface area contributed by atoms with Crippen LogP contribution in [0, 0.1) is 5.92 Å². The van der Waals surface area contributed by atoms with Crippen LogP contribution in [0.1, 0.15) is 12.8 Å². The second-order valence-corrected chi connectivity index (χ2v) is 7.08. The number of nitrogens with one attached hydrogen (secondary N) is 1. The summed E-state index contributed by atoms with van der Waals surface area (Å²) in [6.07, 6.45) is 2.96. The van der Waals surface area contributed by atoms with Crippen molar-refractivity contribution in [2.75, 3.05) is 18.4 Å². The van der Waals surface area contributed by atoms with Gasteiger partial charge in [-0.3, -0.25) is 14.3 Å². The van der Waals surface area contributed by atoms with Crippen molar-refractivity contribution in [3.05, 3.63) is 58.2 Å². The minimum atomic E-state index is -0.357. The molecule has 1 aliphatic rings. The SMILES string of the molecule is O=C(Nc1ccc(Cl)cn1)C1CCN(Cn2c(=O)oc3ccccc32)CC1. The van der Waals surface area contributed by atoms with Gasteiger partial charge in [0.05, 0.1) is 17.2 Å². The average Bonchev–Trinajstić information content (AvgIpc) is 2.99. The fraction of sp³-hybridized carbons (Fsp3) is 0.316. The predicted molar refractivity (Wildman–Crippen MR) is 103 cm³/mol. The lowest BCUT2D eigenvalue weighted by Gasteiger charge is -2.31. The fourth-order valence-corrected chi connectivity index (χ4v) is 3.47. The molecule has 4 rings (SSSR count). The van der Waals surface area contributed by atoms with Gasteiger partial charge in [0.1, 0.15) is 5.82 Å². The van der Waals surface area contributed by atoms with Crippen molar-refractivity contribution in [1.82, 2.24) is 14.5 Å². The van der Waals surface area contributed by atoms with Crippen LogP contribution in [-0.2, 0) is 11.5 Å². The number of amides is 1. The van der Waals surface area contributed by atoms with E-state index in [0.717, 1.165) is 31.4 Å². The zero-order valence-corrected chi connectivity index (χ0v) is 15.4. The number of pyridine rings is 1. The minimum absolute atomic E-state index is 0.0320. The number of fused-ring (bicyclic) bond motifs is 1. The molecule has 0 radical (unpaired) electrons. The Kier molecular flexibility index (Phi) is 4.96. The third-order valence-electron chi connectivity index (χ3n) is 4.85. The molecule has 3 aromatic rings. The monoisotopic (exact) mass is 386 g/mol. The maximum Gasteiger partial charge on any atom is 0.421 e. The van der Waals surface area contributed by atoms with Crippen molar-refractivity contribution < 1.29 is 9.21 Å². The summed E-state index contributed by atoms with van der Waals surface area (Å²) in [4.78, 5) is 30.8. The zero-order valence-electron chi connectivity index (χ0n) is 14.6. The predicted octanol–water partition coefficient (Wildman–Crippen LogP) is 2.95. The van der Waals surface area contributed by atoms with E-state index in [-0.39, 0.29) is 17.6 Å². The molecule has 1 fully saturated rings. The van der Waals surface area contributed by atoms with Crippen LogP contribution in [0.25, 0.3) is 11.1 Å². The van der Waals surface area contributed by atoms with E-state index in [0.29, 0.717) is 23.1 Å². The number of hydrogen-bond acceptors (Lipinski definition) is 5. The van der Waals surface area contributed by atoms with Crippen molar-refractivity contribution in [2.24, 2.45) is 5.92 Å².